The number of nitrogens with zero attached hydrogens (tertiary/aromatic N) is 6. The van der Waals surface area contributed by atoms with Gasteiger partial charge in [0.1, 0.15) is 5.65 Å². The highest BCUT2D eigenvalue weighted by atomic mass is 16.1. The van der Waals surface area contributed by atoms with E-state index in [1.807, 2.05) is 43.3 Å². The lowest BCUT2D eigenvalue weighted by Crippen LogP contribution is -2.19. The fourth-order valence-corrected chi connectivity index (χ4v) is 3.02. The van der Waals surface area contributed by atoms with Gasteiger partial charge in [0.25, 0.3) is 5.56 Å². The van der Waals surface area contributed by atoms with E-state index in [4.69, 9.17) is 0 Å². The Morgan fingerprint density at radius 2 is 1.85 bits per heavy atom. The van der Waals surface area contributed by atoms with Crippen molar-refractivity contribution in [2.75, 3.05) is 0 Å². The quantitative estimate of drug-likeness (QED) is 0.551. The van der Waals surface area contributed by atoms with Crippen LogP contribution in [0.1, 0.15) is 22.8 Å². The van der Waals surface area contributed by atoms with Crippen LogP contribution in [0.15, 0.2) is 59.4 Å². The van der Waals surface area contributed by atoms with Crippen molar-refractivity contribution < 1.29 is 0 Å². The van der Waals surface area contributed by atoms with E-state index in [1.54, 1.807) is 15.1 Å². The van der Waals surface area contributed by atoms with Crippen molar-refractivity contribution in [1.82, 2.24) is 29.6 Å². The summed E-state index contributed by atoms with van der Waals surface area (Å²) in [5.74, 6) is 0.778. The summed E-state index contributed by atoms with van der Waals surface area (Å²) in [7, 11) is 0. The molecule has 3 heterocycles. The maximum Gasteiger partial charge on any atom is 0.258 e. The Hall–Kier alpha value is -3.35. The highest BCUT2D eigenvalue weighted by Crippen LogP contribution is 2.07. The Morgan fingerprint density at radius 3 is 2.69 bits per heavy atom. The minimum absolute atomic E-state index is 0.0954. The Kier molecular flexibility index (Phi) is 4.27. The van der Waals surface area contributed by atoms with Gasteiger partial charge in [-0.3, -0.25) is 9.20 Å². The van der Waals surface area contributed by atoms with Gasteiger partial charge in [-0.2, -0.15) is 0 Å². The van der Waals surface area contributed by atoms with Gasteiger partial charge in [-0.15, -0.1) is 5.10 Å². The summed E-state index contributed by atoms with van der Waals surface area (Å²) in [6.45, 7) is 2.26. The summed E-state index contributed by atoms with van der Waals surface area (Å²) < 4.78 is 3.30. The molecule has 0 spiro atoms. The second-order valence-electron chi connectivity index (χ2n) is 6.18. The fraction of sp³-hybridized carbons (Fsp3) is 0.211. The Morgan fingerprint density at radius 1 is 1.00 bits per heavy atom. The predicted molar refractivity (Wildman–Crippen MR) is 97.0 cm³/mol. The molecule has 0 amide bonds. The van der Waals surface area contributed by atoms with Crippen LogP contribution in [0.2, 0.25) is 0 Å². The van der Waals surface area contributed by atoms with Crippen LogP contribution in [0.25, 0.3) is 5.65 Å². The lowest BCUT2D eigenvalue weighted by Gasteiger charge is -2.07. The van der Waals surface area contributed by atoms with E-state index in [0.29, 0.717) is 17.9 Å². The van der Waals surface area contributed by atoms with E-state index in [1.165, 1.54) is 5.56 Å². The summed E-state index contributed by atoms with van der Waals surface area (Å²) >= 11 is 0. The van der Waals surface area contributed by atoms with Crippen LogP contribution in [0.3, 0.4) is 0 Å². The number of hydrogen-bond acceptors (Lipinski definition) is 5. The molecule has 0 radical (unpaired) electrons. The van der Waals surface area contributed by atoms with Gasteiger partial charge in [0.05, 0.1) is 12.2 Å². The first-order valence-corrected chi connectivity index (χ1v) is 8.48. The molecule has 4 aromatic rings. The molecule has 26 heavy (non-hydrogen) atoms. The fourth-order valence-electron chi connectivity index (χ4n) is 3.02. The van der Waals surface area contributed by atoms with Crippen molar-refractivity contribution >= 4 is 5.65 Å². The molecule has 0 unspecified atom stereocenters. The zero-order valence-corrected chi connectivity index (χ0v) is 14.4. The van der Waals surface area contributed by atoms with Gasteiger partial charge in [0.2, 0.25) is 0 Å². The molecule has 0 atom stereocenters. The molecule has 4 rings (SSSR count). The second kappa shape index (κ2) is 6.87. The van der Waals surface area contributed by atoms with Crippen LogP contribution in [0, 0.1) is 6.92 Å². The molecule has 0 aliphatic rings. The van der Waals surface area contributed by atoms with Crippen LogP contribution in [-0.4, -0.2) is 29.6 Å². The molecule has 7 nitrogen and oxygen atoms in total. The molecule has 0 fully saturated rings. The molecule has 0 saturated heterocycles. The van der Waals surface area contributed by atoms with Crippen LogP contribution in [0.4, 0.5) is 0 Å². The van der Waals surface area contributed by atoms with E-state index in [-0.39, 0.29) is 5.56 Å². The largest absolute Gasteiger partial charge is 0.269 e. The lowest BCUT2D eigenvalue weighted by molar-refractivity contribution is 0.605. The van der Waals surface area contributed by atoms with Crippen LogP contribution < -0.4 is 5.56 Å². The standard InChI is InChI=1S/C19H18N6O/c1-14-6-5-9-17-20-16(12-19(26)25(14)17)13-24-18(21-22-23-24)11-10-15-7-3-2-4-8-15/h2-9,12H,10-11,13H2,1H3. The van der Waals surface area contributed by atoms with E-state index in [9.17, 15) is 4.79 Å². The van der Waals surface area contributed by atoms with Gasteiger partial charge in [-0.25, -0.2) is 9.67 Å². The number of benzene rings is 1. The highest BCUT2D eigenvalue weighted by Gasteiger charge is 2.10. The first-order valence-electron chi connectivity index (χ1n) is 8.48. The third-order valence-electron chi connectivity index (χ3n) is 4.33. The Balaban J connectivity index is 1.58. The van der Waals surface area contributed by atoms with Crippen molar-refractivity contribution in [3.05, 3.63) is 87.7 Å². The smallest absolute Gasteiger partial charge is 0.258 e. The lowest BCUT2D eigenvalue weighted by atomic mass is 10.1. The Labute approximate surface area is 149 Å². The predicted octanol–water partition coefficient (Wildman–Crippen LogP) is 1.82. The molecule has 3 aromatic heterocycles. The number of aryl methyl sites for hydroxylation is 3. The van der Waals surface area contributed by atoms with Crippen molar-refractivity contribution in [2.24, 2.45) is 0 Å². The summed E-state index contributed by atoms with van der Waals surface area (Å²) in [5, 5.41) is 12.0. The summed E-state index contributed by atoms with van der Waals surface area (Å²) in [4.78, 5) is 17.0. The number of fused-ring (bicyclic) bond motifs is 1. The number of pyridine rings is 1. The summed E-state index contributed by atoms with van der Waals surface area (Å²) in [6, 6.07) is 17.4. The minimum atomic E-state index is -0.0954. The van der Waals surface area contributed by atoms with Gasteiger partial charge >= 0.3 is 0 Å². The average molecular weight is 346 g/mol. The van der Waals surface area contributed by atoms with E-state index < -0.39 is 0 Å². The minimum Gasteiger partial charge on any atom is -0.269 e. The van der Waals surface area contributed by atoms with Crippen molar-refractivity contribution in [3.63, 3.8) is 0 Å². The Bertz CT molecular complexity index is 1100. The first-order chi connectivity index (χ1) is 12.7. The van der Waals surface area contributed by atoms with Crippen LogP contribution >= 0.6 is 0 Å². The maximum atomic E-state index is 12.4. The van der Waals surface area contributed by atoms with Crippen LogP contribution in [0.5, 0.6) is 0 Å². The van der Waals surface area contributed by atoms with E-state index >= 15 is 0 Å². The van der Waals surface area contributed by atoms with Crippen molar-refractivity contribution in [3.8, 4) is 0 Å². The number of aromatic nitrogens is 6. The van der Waals surface area contributed by atoms with E-state index in [2.05, 4.69) is 32.6 Å². The first kappa shape index (κ1) is 16.1. The molecule has 1 aromatic carbocycles. The molecular weight excluding hydrogens is 328 g/mol. The van der Waals surface area contributed by atoms with Crippen molar-refractivity contribution in [2.45, 2.75) is 26.3 Å². The van der Waals surface area contributed by atoms with Gasteiger partial charge in [0.15, 0.2) is 5.82 Å². The molecule has 130 valence electrons. The average Bonchev–Trinajstić information content (AvgIpc) is 3.07. The molecule has 0 aliphatic carbocycles. The topological polar surface area (TPSA) is 78.0 Å². The van der Waals surface area contributed by atoms with Gasteiger partial charge in [-0.05, 0) is 41.5 Å². The normalized spacial score (nSPS) is 11.1. The monoisotopic (exact) mass is 346 g/mol. The maximum absolute atomic E-state index is 12.4. The second-order valence-corrected chi connectivity index (χ2v) is 6.18. The van der Waals surface area contributed by atoms with Crippen LogP contribution in [-0.2, 0) is 19.4 Å². The third kappa shape index (κ3) is 3.23. The molecule has 7 heteroatoms. The summed E-state index contributed by atoms with van der Waals surface area (Å²) in [6.07, 6.45) is 1.58. The highest BCUT2D eigenvalue weighted by molar-refractivity contribution is 5.40. The molecule has 0 N–H and O–H groups in total. The number of tetrazole rings is 1. The third-order valence-corrected chi connectivity index (χ3v) is 4.33. The zero-order valence-electron chi connectivity index (χ0n) is 14.4. The van der Waals surface area contributed by atoms with Gasteiger partial charge < -0.3 is 0 Å². The van der Waals surface area contributed by atoms with Crippen molar-refractivity contribution in [1.29, 1.82) is 0 Å². The SMILES string of the molecule is Cc1cccc2nc(Cn3nnnc3CCc3ccccc3)cc(=O)n12. The zero-order chi connectivity index (χ0) is 17.9. The molecular formula is C19H18N6O. The van der Waals surface area contributed by atoms with Gasteiger partial charge in [0, 0.05) is 18.2 Å². The van der Waals surface area contributed by atoms with E-state index in [0.717, 1.165) is 24.4 Å². The number of hydrogen-bond donors (Lipinski definition) is 0. The molecule has 0 saturated carbocycles. The summed E-state index contributed by atoms with van der Waals surface area (Å²) in [5.41, 5.74) is 3.28. The number of rotatable bonds is 5. The molecule has 0 aliphatic heterocycles. The molecule has 0 bridgehead atoms. The van der Waals surface area contributed by atoms with Gasteiger partial charge in [-0.1, -0.05) is 36.4 Å².